The zero-order valence-corrected chi connectivity index (χ0v) is 19.0. The fourth-order valence-electron chi connectivity index (χ4n) is 3.05. The SMILES string of the molecule is COc1ccc(-n2c(SCC(=O)NN=C(C)c3cccnc3)nnc2-c2ccccc2)cc1. The van der Waals surface area contributed by atoms with E-state index in [1.165, 1.54) is 11.8 Å². The summed E-state index contributed by atoms with van der Waals surface area (Å²) in [6.45, 7) is 1.82. The van der Waals surface area contributed by atoms with Crippen LogP contribution in [0.2, 0.25) is 0 Å². The van der Waals surface area contributed by atoms with Gasteiger partial charge in [-0.2, -0.15) is 5.10 Å². The molecular formula is C24H22N6O2S. The lowest BCUT2D eigenvalue weighted by Crippen LogP contribution is -2.21. The van der Waals surface area contributed by atoms with E-state index < -0.39 is 0 Å². The predicted octanol–water partition coefficient (Wildman–Crippen LogP) is 3.97. The molecule has 0 atom stereocenters. The third-order valence-electron chi connectivity index (χ3n) is 4.76. The van der Waals surface area contributed by atoms with Crippen LogP contribution in [0.5, 0.6) is 5.75 Å². The number of pyridine rings is 1. The Bertz CT molecular complexity index is 1240. The first-order valence-electron chi connectivity index (χ1n) is 10.2. The maximum Gasteiger partial charge on any atom is 0.250 e. The first-order valence-corrected chi connectivity index (χ1v) is 11.2. The zero-order valence-electron chi connectivity index (χ0n) is 18.2. The molecule has 1 N–H and O–H groups in total. The van der Waals surface area contributed by atoms with Gasteiger partial charge in [-0.05, 0) is 37.3 Å². The van der Waals surface area contributed by atoms with E-state index in [0.29, 0.717) is 16.7 Å². The molecule has 2 aromatic carbocycles. The number of amides is 1. The van der Waals surface area contributed by atoms with E-state index in [2.05, 4.69) is 25.7 Å². The number of hydrogen-bond acceptors (Lipinski definition) is 7. The largest absolute Gasteiger partial charge is 0.497 e. The number of carbonyl (C=O) groups excluding carboxylic acids is 1. The van der Waals surface area contributed by atoms with E-state index in [1.807, 2.05) is 78.2 Å². The molecule has 0 spiro atoms. The number of aromatic nitrogens is 4. The summed E-state index contributed by atoms with van der Waals surface area (Å²) in [5.41, 5.74) is 5.90. The van der Waals surface area contributed by atoms with Crippen LogP contribution in [-0.2, 0) is 4.79 Å². The molecule has 166 valence electrons. The van der Waals surface area contributed by atoms with Crippen molar-refractivity contribution in [3.05, 3.63) is 84.7 Å². The average molecular weight is 459 g/mol. The van der Waals surface area contributed by atoms with E-state index in [0.717, 1.165) is 22.6 Å². The molecule has 2 heterocycles. The fourth-order valence-corrected chi connectivity index (χ4v) is 3.80. The molecule has 9 heteroatoms. The second-order valence-electron chi connectivity index (χ2n) is 6.97. The normalized spacial score (nSPS) is 11.3. The highest BCUT2D eigenvalue weighted by molar-refractivity contribution is 7.99. The van der Waals surface area contributed by atoms with Crippen molar-refractivity contribution < 1.29 is 9.53 Å². The van der Waals surface area contributed by atoms with Crippen molar-refractivity contribution in [1.29, 1.82) is 0 Å². The van der Waals surface area contributed by atoms with Gasteiger partial charge in [0.25, 0.3) is 5.91 Å². The van der Waals surface area contributed by atoms with Crippen LogP contribution in [0.25, 0.3) is 17.1 Å². The third-order valence-corrected chi connectivity index (χ3v) is 5.68. The first kappa shape index (κ1) is 22.2. The van der Waals surface area contributed by atoms with Gasteiger partial charge in [0.1, 0.15) is 5.75 Å². The minimum absolute atomic E-state index is 0.132. The third kappa shape index (κ3) is 5.45. The maximum absolute atomic E-state index is 12.4. The van der Waals surface area contributed by atoms with Crippen molar-refractivity contribution in [2.24, 2.45) is 5.10 Å². The number of thioether (sulfide) groups is 1. The van der Waals surface area contributed by atoms with Crippen LogP contribution < -0.4 is 10.2 Å². The van der Waals surface area contributed by atoms with Crippen molar-refractivity contribution in [3.8, 4) is 22.8 Å². The summed E-state index contributed by atoms with van der Waals surface area (Å²) in [4.78, 5) is 16.5. The van der Waals surface area contributed by atoms with Crippen LogP contribution >= 0.6 is 11.8 Å². The van der Waals surface area contributed by atoms with Crippen LogP contribution in [0.3, 0.4) is 0 Å². The number of hydrazone groups is 1. The fraction of sp³-hybridized carbons (Fsp3) is 0.125. The van der Waals surface area contributed by atoms with E-state index in [1.54, 1.807) is 19.5 Å². The summed E-state index contributed by atoms with van der Waals surface area (Å²) in [6.07, 6.45) is 3.39. The molecular weight excluding hydrogens is 436 g/mol. The van der Waals surface area contributed by atoms with Gasteiger partial charge >= 0.3 is 0 Å². The molecule has 0 unspecified atom stereocenters. The Hall–Kier alpha value is -3.98. The minimum Gasteiger partial charge on any atom is -0.497 e. The highest BCUT2D eigenvalue weighted by Crippen LogP contribution is 2.28. The van der Waals surface area contributed by atoms with Crippen LogP contribution in [0.4, 0.5) is 0 Å². The Labute approximate surface area is 195 Å². The summed E-state index contributed by atoms with van der Waals surface area (Å²) in [5, 5.41) is 13.5. The quantitative estimate of drug-likeness (QED) is 0.244. The molecule has 33 heavy (non-hydrogen) atoms. The highest BCUT2D eigenvalue weighted by atomic mass is 32.2. The Kier molecular flexibility index (Phi) is 7.11. The van der Waals surface area contributed by atoms with Gasteiger partial charge < -0.3 is 4.74 Å². The molecule has 0 aliphatic carbocycles. The van der Waals surface area contributed by atoms with Crippen molar-refractivity contribution in [2.75, 3.05) is 12.9 Å². The van der Waals surface area contributed by atoms with Gasteiger partial charge in [0.15, 0.2) is 11.0 Å². The Morgan fingerprint density at radius 2 is 1.85 bits per heavy atom. The standard InChI is InChI=1S/C24H22N6O2S/c1-17(19-9-6-14-25-15-19)26-27-22(31)16-33-24-29-28-23(18-7-4-3-5-8-18)30(24)20-10-12-21(32-2)13-11-20/h3-15H,16H2,1-2H3,(H,27,31). The molecule has 2 aromatic heterocycles. The predicted molar refractivity (Wildman–Crippen MR) is 129 cm³/mol. The summed E-state index contributed by atoms with van der Waals surface area (Å²) in [6, 6.07) is 21.1. The number of benzene rings is 2. The molecule has 0 fully saturated rings. The maximum atomic E-state index is 12.4. The Morgan fingerprint density at radius 1 is 1.06 bits per heavy atom. The molecule has 0 saturated carbocycles. The highest BCUT2D eigenvalue weighted by Gasteiger charge is 2.17. The van der Waals surface area contributed by atoms with E-state index in [4.69, 9.17) is 4.74 Å². The molecule has 8 nitrogen and oxygen atoms in total. The summed E-state index contributed by atoms with van der Waals surface area (Å²) < 4.78 is 7.20. The number of carbonyl (C=O) groups is 1. The van der Waals surface area contributed by atoms with E-state index >= 15 is 0 Å². The van der Waals surface area contributed by atoms with E-state index in [-0.39, 0.29) is 11.7 Å². The Balaban J connectivity index is 1.53. The minimum atomic E-state index is -0.242. The monoisotopic (exact) mass is 458 g/mol. The number of methoxy groups -OCH3 is 1. The lowest BCUT2D eigenvalue weighted by Gasteiger charge is -2.11. The first-order chi connectivity index (χ1) is 16.2. The summed E-state index contributed by atoms with van der Waals surface area (Å²) in [5.74, 6) is 1.33. The van der Waals surface area contributed by atoms with Gasteiger partial charge in [-0.3, -0.25) is 14.3 Å². The Morgan fingerprint density at radius 3 is 2.55 bits per heavy atom. The molecule has 4 rings (SSSR count). The molecule has 0 radical (unpaired) electrons. The van der Waals surface area contributed by atoms with Crippen molar-refractivity contribution in [1.82, 2.24) is 25.2 Å². The van der Waals surface area contributed by atoms with Gasteiger partial charge in [-0.25, -0.2) is 5.43 Å². The second kappa shape index (κ2) is 10.6. The van der Waals surface area contributed by atoms with Crippen molar-refractivity contribution in [2.45, 2.75) is 12.1 Å². The smallest absolute Gasteiger partial charge is 0.250 e. The lowest BCUT2D eigenvalue weighted by molar-refractivity contribution is -0.118. The van der Waals surface area contributed by atoms with Crippen LogP contribution in [0.15, 0.2) is 89.4 Å². The molecule has 4 aromatic rings. The number of hydrogen-bond donors (Lipinski definition) is 1. The molecule has 0 aliphatic rings. The van der Waals surface area contributed by atoms with Crippen molar-refractivity contribution in [3.63, 3.8) is 0 Å². The molecule has 0 aliphatic heterocycles. The number of ether oxygens (including phenoxy) is 1. The van der Waals surface area contributed by atoms with Gasteiger partial charge in [0, 0.05) is 29.2 Å². The number of nitrogens with one attached hydrogen (secondary N) is 1. The van der Waals surface area contributed by atoms with Crippen LogP contribution in [0, 0.1) is 0 Å². The lowest BCUT2D eigenvalue weighted by atomic mass is 10.2. The topological polar surface area (TPSA) is 94.3 Å². The summed E-state index contributed by atoms with van der Waals surface area (Å²) in [7, 11) is 1.63. The molecule has 0 bridgehead atoms. The van der Waals surface area contributed by atoms with Gasteiger partial charge in [0.2, 0.25) is 0 Å². The zero-order chi connectivity index (χ0) is 23.0. The molecule has 0 saturated heterocycles. The van der Waals surface area contributed by atoms with Crippen LogP contribution in [0.1, 0.15) is 12.5 Å². The average Bonchev–Trinajstić information content (AvgIpc) is 3.31. The van der Waals surface area contributed by atoms with Crippen LogP contribution in [-0.4, -0.2) is 44.2 Å². The number of nitrogens with zero attached hydrogens (tertiary/aromatic N) is 5. The number of rotatable bonds is 8. The van der Waals surface area contributed by atoms with Gasteiger partial charge in [0.05, 0.1) is 18.6 Å². The second-order valence-corrected chi connectivity index (χ2v) is 7.91. The van der Waals surface area contributed by atoms with Crippen molar-refractivity contribution >= 4 is 23.4 Å². The van der Waals surface area contributed by atoms with E-state index in [9.17, 15) is 4.79 Å². The summed E-state index contributed by atoms with van der Waals surface area (Å²) >= 11 is 1.29. The molecule has 1 amide bonds. The van der Waals surface area contributed by atoms with Gasteiger partial charge in [-0.1, -0.05) is 48.2 Å². The van der Waals surface area contributed by atoms with Gasteiger partial charge in [-0.15, -0.1) is 10.2 Å².